The number of nitrogens with one attached hydrogen (secondary N) is 1. The molecule has 1 amide bonds. The highest BCUT2D eigenvalue weighted by atomic mass is 19.4. The summed E-state index contributed by atoms with van der Waals surface area (Å²) in [6, 6.07) is 3.49. The summed E-state index contributed by atoms with van der Waals surface area (Å²) in [5.41, 5.74) is 7.10. The minimum atomic E-state index is -4.47. The minimum absolute atomic E-state index is 0.0470. The van der Waals surface area contributed by atoms with Gasteiger partial charge in [0.15, 0.2) is 0 Å². The lowest BCUT2D eigenvalue weighted by Crippen LogP contribution is -2.35. The molecule has 2 aromatic heterocycles. The first-order valence-electron chi connectivity index (χ1n) is 10.1. The van der Waals surface area contributed by atoms with Gasteiger partial charge in [-0.2, -0.15) is 18.2 Å². The number of halogens is 3. The molecule has 1 aliphatic carbocycles. The fraction of sp³-hybridized carbons (Fsp3) is 0.381. The molecule has 0 bridgehead atoms. The third-order valence-corrected chi connectivity index (χ3v) is 6.02. The first kappa shape index (κ1) is 19.7. The average Bonchev–Trinajstić information content (AvgIpc) is 3.30. The van der Waals surface area contributed by atoms with Crippen LogP contribution in [0.4, 0.5) is 24.7 Å². The van der Waals surface area contributed by atoms with Crippen molar-refractivity contribution in [3.63, 3.8) is 0 Å². The third kappa shape index (κ3) is 3.55. The van der Waals surface area contributed by atoms with Gasteiger partial charge in [-0.05, 0) is 36.6 Å². The molecule has 0 spiro atoms. The molecular weight excluding hydrogens is 409 g/mol. The zero-order chi connectivity index (χ0) is 21.8. The van der Waals surface area contributed by atoms with Gasteiger partial charge >= 0.3 is 6.18 Å². The Morgan fingerprint density at radius 1 is 1.23 bits per heavy atom. The second kappa shape index (κ2) is 7.14. The lowest BCUT2D eigenvalue weighted by atomic mass is 9.84. The van der Waals surface area contributed by atoms with Gasteiger partial charge in [-0.15, -0.1) is 0 Å². The van der Waals surface area contributed by atoms with Crippen molar-refractivity contribution in [3.05, 3.63) is 53.0 Å². The summed E-state index contributed by atoms with van der Waals surface area (Å²) in [5, 5.41) is 3.14. The number of nitrogens with two attached hydrogens (primary N) is 1. The van der Waals surface area contributed by atoms with E-state index >= 15 is 0 Å². The standard InChI is InChI=1S/C21H21F3N6O/c22-21(23,24)14-6-12(7-15(25)8-14)9-27-18-16-10-29(19(31)13-2-1-3-13)11-17(16)30-5-4-26-20(30)28-18/h4-8,13H,1-3,9-11,25H2,(H,26,27,28). The quantitative estimate of drug-likeness (QED) is 0.618. The fourth-order valence-electron chi connectivity index (χ4n) is 4.19. The SMILES string of the molecule is Nc1cc(CNc2nc3nccn3c3c2CN(C(=O)C2CCC2)C3)cc(C(F)(F)F)c1. The fourth-order valence-corrected chi connectivity index (χ4v) is 4.19. The van der Waals surface area contributed by atoms with E-state index in [1.54, 1.807) is 12.4 Å². The number of carbonyl (C=O) groups excluding carboxylic acids is 1. The summed E-state index contributed by atoms with van der Waals surface area (Å²) in [5.74, 6) is 1.23. The van der Waals surface area contributed by atoms with Gasteiger partial charge in [0.2, 0.25) is 11.7 Å². The number of hydrogen-bond donors (Lipinski definition) is 2. The highest BCUT2D eigenvalue weighted by Gasteiger charge is 2.35. The Balaban J connectivity index is 1.43. The molecule has 2 aliphatic rings. The Bertz CT molecular complexity index is 1170. The van der Waals surface area contributed by atoms with Crippen LogP contribution in [0.1, 0.15) is 41.6 Å². The molecule has 10 heteroatoms. The number of fused-ring (bicyclic) bond motifs is 3. The van der Waals surface area contributed by atoms with E-state index in [0.717, 1.165) is 42.7 Å². The van der Waals surface area contributed by atoms with Gasteiger partial charge in [0.05, 0.1) is 24.3 Å². The highest BCUT2D eigenvalue weighted by Crippen LogP contribution is 2.35. The highest BCUT2D eigenvalue weighted by molar-refractivity contribution is 5.80. The van der Waals surface area contributed by atoms with Crippen LogP contribution >= 0.6 is 0 Å². The number of carbonyl (C=O) groups is 1. The molecule has 7 nitrogen and oxygen atoms in total. The number of rotatable bonds is 4. The Kier molecular flexibility index (Phi) is 4.53. The van der Waals surface area contributed by atoms with Crippen LogP contribution in [-0.2, 0) is 30.6 Å². The van der Waals surface area contributed by atoms with Gasteiger partial charge in [-0.1, -0.05) is 6.42 Å². The largest absolute Gasteiger partial charge is 0.416 e. The summed E-state index contributed by atoms with van der Waals surface area (Å²) in [4.78, 5) is 23.4. The van der Waals surface area contributed by atoms with Crippen LogP contribution in [0.25, 0.3) is 5.78 Å². The molecule has 0 saturated heterocycles. The monoisotopic (exact) mass is 430 g/mol. The van der Waals surface area contributed by atoms with Crippen molar-refractivity contribution in [1.29, 1.82) is 0 Å². The molecule has 1 aliphatic heterocycles. The van der Waals surface area contributed by atoms with Crippen molar-refractivity contribution >= 4 is 23.2 Å². The molecule has 0 unspecified atom stereocenters. The van der Waals surface area contributed by atoms with Crippen LogP contribution in [0.3, 0.4) is 0 Å². The molecule has 0 radical (unpaired) electrons. The summed E-state index contributed by atoms with van der Waals surface area (Å²) in [6.07, 6.45) is 1.89. The van der Waals surface area contributed by atoms with E-state index in [-0.39, 0.29) is 24.1 Å². The van der Waals surface area contributed by atoms with E-state index in [9.17, 15) is 18.0 Å². The van der Waals surface area contributed by atoms with Crippen LogP contribution in [0, 0.1) is 5.92 Å². The maximum atomic E-state index is 13.1. The van der Waals surface area contributed by atoms with Gasteiger partial charge < -0.3 is 16.0 Å². The van der Waals surface area contributed by atoms with Gasteiger partial charge in [0, 0.05) is 36.1 Å². The zero-order valence-corrected chi connectivity index (χ0v) is 16.6. The van der Waals surface area contributed by atoms with Crippen LogP contribution in [0.5, 0.6) is 0 Å². The second-order valence-electron chi connectivity index (χ2n) is 8.12. The average molecular weight is 430 g/mol. The second-order valence-corrected chi connectivity index (χ2v) is 8.12. The number of anilines is 2. The number of benzene rings is 1. The molecule has 3 aromatic rings. The molecule has 1 saturated carbocycles. The molecule has 31 heavy (non-hydrogen) atoms. The lowest BCUT2D eigenvalue weighted by molar-refractivity contribution is -0.139. The molecular formula is C21H21F3N6O. The first-order valence-corrected chi connectivity index (χ1v) is 10.1. The minimum Gasteiger partial charge on any atom is -0.399 e. The summed E-state index contributed by atoms with van der Waals surface area (Å²) < 4.78 is 41.2. The van der Waals surface area contributed by atoms with E-state index in [2.05, 4.69) is 15.3 Å². The topological polar surface area (TPSA) is 88.5 Å². The number of aromatic nitrogens is 3. The maximum Gasteiger partial charge on any atom is 0.416 e. The third-order valence-electron chi connectivity index (χ3n) is 6.02. The van der Waals surface area contributed by atoms with Gasteiger partial charge in [-0.3, -0.25) is 9.20 Å². The number of imidazole rings is 1. The Hall–Kier alpha value is -3.30. The molecule has 1 fully saturated rings. The number of hydrogen-bond acceptors (Lipinski definition) is 5. The van der Waals surface area contributed by atoms with E-state index in [4.69, 9.17) is 5.73 Å². The van der Waals surface area contributed by atoms with Gasteiger partial charge in [0.1, 0.15) is 5.82 Å². The van der Waals surface area contributed by atoms with Gasteiger partial charge in [-0.25, -0.2) is 4.98 Å². The van der Waals surface area contributed by atoms with E-state index in [1.807, 2.05) is 9.30 Å². The lowest BCUT2D eigenvalue weighted by Gasteiger charge is -2.28. The molecule has 1 aromatic carbocycles. The molecule has 5 rings (SSSR count). The van der Waals surface area contributed by atoms with Crippen molar-refractivity contribution in [1.82, 2.24) is 19.3 Å². The van der Waals surface area contributed by atoms with E-state index in [1.165, 1.54) is 6.07 Å². The van der Waals surface area contributed by atoms with Crippen molar-refractivity contribution in [2.24, 2.45) is 5.92 Å². The zero-order valence-electron chi connectivity index (χ0n) is 16.6. The number of nitrogen functional groups attached to an aromatic ring is 1. The molecule has 3 heterocycles. The normalized spacial score (nSPS) is 16.4. The number of nitrogens with zero attached hydrogens (tertiary/aromatic N) is 4. The Morgan fingerprint density at radius 2 is 2.03 bits per heavy atom. The summed E-state index contributed by atoms with van der Waals surface area (Å²) >= 11 is 0. The predicted molar refractivity (Wildman–Crippen MR) is 108 cm³/mol. The van der Waals surface area contributed by atoms with Gasteiger partial charge in [0.25, 0.3) is 0 Å². The molecule has 3 N–H and O–H groups in total. The maximum absolute atomic E-state index is 13.1. The van der Waals surface area contributed by atoms with E-state index in [0.29, 0.717) is 30.2 Å². The molecule has 162 valence electrons. The van der Waals surface area contributed by atoms with Crippen LogP contribution in [-0.4, -0.2) is 25.2 Å². The Labute approximate surface area is 176 Å². The number of alkyl halides is 3. The predicted octanol–water partition coefficient (Wildman–Crippen LogP) is 3.58. The van der Waals surface area contributed by atoms with Crippen LogP contribution in [0.15, 0.2) is 30.6 Å². The van der Waals surface area contributed by atoms with Crippen molar-refractivity contribution < 1.29 is 18.0 Å². The smallest absolute Gasteiger partial charge is 0.399 e. The van der Waals surface area contributed by atoms with E-state index < -0.39 is 11.7 Å². The number of amides is 1. The van der Waals surface area contributed by atoms with Crippen LogP contribution in [0.2, 0.25) is 0 Å². The summed E-state index contributed by atoms with van der Waals surface area (Å²) in [6.45, 7) is 0.991. The molecule has 0 atom stereocenters. The summed E-state index contributed by atoms with van der Waals surface area (Å²) in [7, 11) is 0. The van der Waals surface area contributed by atoms with Crippen molar-refractivity contribution in [3.8, 4) is 0 Å². The first-order chi connectivity index (χ1) is 14.8. The van der Waals surface area contributed by atoms with Crippen molar-refractivity contribution in [2.75, 3.05) is 11.1 Å². The van der Waals surface area contributed by atoms with Crippen LogP contribution < -0.4 is 11.1 Å². The Morgan fingerprint density at radius 3 is 2.74 bits per heavy atom. The van der Waals surface area contributed by atoms with Crippen molar-refractivity contribution in [2.45, 2.75) is 45.1 Å².